The highest BCUT2D eigenvalue weighted by Crippen LogP contribution is 2.43. The van der Waals surface area contributed by atoms with Crippen molar-refractivity contribution in [3.05, 3.63) is 72.3 Å². The van der Waals surface area contributed by atoms with Crippen LogP contribution >= 0.6 is 10.5 Å². The Bertz CT molecular complexity index is 942. The molecule has 3 aromatic carbocycles. The van der Waals surface area contributed by atoms with E-state index >= 15 is 0 Å². The van der Waals surface area contributed by atoms with E-state index in [0.717, 1.165) is 21.5 Å². The summed E-state index contributed by atoms with van der Waals surface area (Å²) in [4.78, 5) is 18.1. The van der Waals surface area contributed by atoms with Crippen molar-refractivity contribution in [1.29, 1.82) is 0 Å². The maximum atomic E-state index is 12.4. The van der Waals surface area contributed by atoms with E-state index in [4.69, 9.17) is 0 Å². The maximum absolute atomic E-state index is 12.4. The van der Waals surface area contributed by atoms with Gasteiger partial charge in [0.15, 0.2) is 5.78 Å². The first kappa shape index (κ1) is 13.2. The number of Topliss-reactive ketones (excluding diaryl/α,β-unsaturated/α-hetero) is 1. The molecule has 4 rings (SSSR count). The van der Waals surface area contributed by atoms with E-state index in [1.807, 2.05) is 48.0 Å². The van der Waals surface area contributed by atoms with Crippen LogP contribution in [0.1, 0.15) is 10.4 Å². The summed E-state index contributed by atoms with van der Waals surface area (Å²) in [6.45, 7) is 0. The topological polar surface area (TPSA) is 29.4 Å². The molecule has 0 aliphatic carbocycles. The standard InChI is InChI=1S/C19H13NOS/c21-17(15-7-2-1-3-8-15)12-22-13-20-19-16-9-5-4-6-14(16)10-11-18(19)22/h1-13H. The summed E-state index contributed by atoms with van der Waals surface area (Å²) in [7, 11) is -0.355. The molecular weight excluding hydrogens is 290 g/mol. The SMILES string of the molecule is O=C(C=S1C=Nc2c1ccc1ccccc21)c1ccccc1. The number of benzene rings is 3. The van der Waals surface area contributed by atoms with E-state index in [1.54, 1.807) is 5.37 Å². The number of carbonyl (C=O) groups is 1. The number of carbonyl (C=O) groups excluding carboxylic acids is 1. The third-order valence-corrected chi connectivity index (χ3v) is 5.34. The van der Waals surface area contributed by atoms with Gasteiger partial charge in [0.2, 0.25) is 0 Å². The molecule has 2 nitrogen and oxygen atoms in total. The lowest BCUT2D eigenvalue weighted by molar-refractivity contribution is 0.107. The van der Waals surface area contributed by atoms with Gasteiger partial charge in [-0.15, -0.1) is 10.5 Å². The number of hydrogen-bond donors (Lipinski definition) is 0. The van der Waals surface area contributed by atoms with Gasteiger partial charge in [-0.25, -0.2) is 4.99 Å². The van der Waals surface area contributed by atoms with Crippen molar-refractivity contribution in [2.24, 2.45) is 4.99 Å². The van der Waals surface area contributed by atoms with Crippen LogP contribution in [-0.2, 0) is 0 Å². The van der Waals surface area contributed by atoms with Gasteiger partial charge in [-0.3, -0.25) is 4.79 Å². The summed E-state index contributed by atoms with van der Waals surface area (Å²) in [6.07, 6.45) is 0. The van der Waals surface area contributed by atoms with Gasteiger partial charge in [-0.1, -0.05) is 60.7 Å². The Morgan fingerprint density at radius 2 is 1.68 bits per heavy atom. The normalized spacial score (nSPS) is 16.1. The first-order chi connectivity index (χ1) is 10.8. The first-order valence-electron chi connectivity index (χ1n) is 7.05. The molecule has 22 heavy (non-hydrogen) atoms. The second kappa shape index (κ2) is 5.35. The lowest BCUT2D eigenvalue weighted by Gasteiger charge is -2.04. The number of aliphatic imine (C=N–C) groups is 1. The Morgan fingerprint density at radius 1 is 0.909 bits per heavy atom. The van der Waals surface area contributed by atoms with Crippen molar-refractivity contribution >= 4 is 43.6 Å². The van der Waals surface area contributed by atoms with Gasteiger partial charge in [0.25, 0.3) is 0 Å². The average molecular weight is 303 g/mol. The Balaban J connectivity index is 1.80. The molecule has 0 fully saturated rings. The molecule has 0 saturated carbocycles. The molecule has 1 atom stereocenters. The first-order valence-corrected chi connectivity index (χ1v) is 8.40. The van der Waals surface area contributed by atoms with Gasteiger partial charge < -0.3 is 0 Å². The zero-order valence-electron chi connectivity index (χ0n) is 11.8. The summed E-state index contributed by atoms with van der Waals surface area (Å²) in [5.74, 6) is 0.0522. The molecule has 106 valence electrons. The quantitative estimate of drug-likeness (QED) is 0.492. The number of hydrogen-bond acceptors (Lipinski definition) is 2. The Hall–Kier alpha value is -2.52. The minimum absolute atomic E-state index is 0.0522. The van der Waals surface area contributed by atoms with Crippen molar-refractivity contribution in [3.8, 4) is 0 Å². The van der Waals surface area contributed by atoms with Crippen molar-refractivity contribution < 1.29 is 4.79 Å². The van der Waals surface area contributed by atoms with E-state index in [2.05, 4.69) is 29.3 Å². The van der Waals surface area contributed by atoms with Crippen LogP contribution < -0.4 is 0 Å². The van der Waals surface area contributed by atoms with Crippen LogP contribution in [0.5, 0.6) is 0 Å². The fourth-order valence-corrected chi connectivity index (χ4v) is 4.10. The van der Waals surface area contributed by atoms with Crippen molar-refractivity contribution in [3.63, 3.8) is 0 Å². The van der Waals surface area contributed by atoms with Crippen LogP contribution in [0.4, 0.5) is 5.69 Å². The van der Waals surface area contributed by atoms with E-state index in [-0.39, 0.29) is 16.3 Å². The molecule has 3 heteroatoms. The van der Waals surface area contributed by atoms with Crippen LogP contribution in [-0.4, -0.2) is 16.7 Å². The third kappa shape index (κ3) is 2.20. The maximum Gasteiger partial charge on any atom is 0.192 e. The largest absolute Gasteiger partial charge is 0.289 e. The summed E-state index contributed by atoms with van der Waals surface area (Å²) in [6, 6.07) is 21.8. The fourth-order valence-electron chi connectivity index (χ4n) is 2.60. The molecule has 1 aliphatic heterocycles. The molecule has 1 heterocycles. The van der Waals surface area contributed by atoms with E-state index in [9.17, 15) is 4.79 Å². The van der Waals surface area contributed by atoms with Crippen molar-refractivity contribution in [2.45, 2.75) is 4.90 Å². The molecule has 1 aliphatic rings. The summed E-state index contributed by atoms with van der Waals surface area (Å²) in [5.41, 5.74) is 3.61. The molecule has 0 spiro atoms. The van der Waals surface area contributed by atoms with Gasteiger partial charge in [0.1, 0.15) is 0 Å². The molecule has 0 aromatic heterocycles. The second-order valence-corrected chi connectivity index (χ2v) is 6.72. The number of fused-ring (bicyclic) bond motifs is 3. The minimum atomic E-state index is -0.355. The Kier molecular flexibility index (Phi) is 3.20. The summed E-state index contributed by atoms with van der Waals surface area (Å²) in [5, 5.41) is 4.10. The van der Waals surface area contributed by atoms with E-state index < -0.39 is 0 Å². The number of ketones is 1. The van der Waals surface area contributed by atoms with Crippen LogP contribution in [0.3, 0.4) is 0 Å². The van der Waals surface area contributed by atoms with Gasteiger partial charge in [-0.2, -0.15) is 0 Å². The average Bonchev–Trinajstić information content (AvgIpc) is 2.99. The van der Waals surface area contributed by atoms with Crippen molar-refractivity contribution in [2.75, 3.05) is 0 Å². The minimum Gasteiger partial charge on any atom is -0.289 e. The van der Waals surface area contributed by atoms with Crippen LogP contribution in [0.15, 0.2) is 76.6 Å². The molecule has 0 saturated heterocycles. The lowest BCUT2D eigenvalue weighted by Crippen LogP contribution is -1.99. The van der Waals surface area contributed by atoms with Crippen molar-refractivity contribution in [1.82, 2.24) is 0 Å². The Morgan fingerprint density at radius 3 is 2.55 bits per heavy atom. The number of nitrogens with zero attached hydrogens (tertiary/aromatic N) is 1. The van der Waals surface area contributed by atoms with Crippen LogP contribution in [0, 0.1) is 0 Å². The monoisotopic (exact) mass is 303 g/mol. The lowest BCUT2D eigenvalue weighted by atomic mass is 10.1. The molecule has 1 unspecified atom stereocenters. The molecular formula is C19H13NOS. The molecule has 3 aromatic rings. The summed E-state index contributed by atoms with van der Waals surface area (Å²) < 4.78 is 0. The molecule has 0 N–H and O–H groups in total. The van der Waals surface area contributed by atoms with Crippen LogP contribution in [0.25, 0.3) is 10.8 Å². The molecule has 0 bridgehead atoms. The third-order valence-electron chi connectivity index (χ3n) is 3.71. The predicted molar refractivity (Wildman–Crippen MR) is 94.8 cm³/mol. The zero-order valence-corrected chi connectivity index (χ0v) is 12.6. The van der Waals surface area contributed by atoms with E-state index in [1.165, 1.54) is 5.39 Å². The highest BCUT2D eigenvalue weighted by atomic mass is 32.2. The van der Waals surface area contributed by atoms with Crippen LogP contribution in [0.2, 0.25) is 0 Å². The molecule has 0 radical (unpaired) electrons. The number of rotatable bonds is 2. The highest BCUT2D eigenvalue weighted by Gasteiger charge is 2.15. The molecule has 0 amide bonds. The van der Waals surface area contributed by atoms with E-state index in [0.29, 0.717) is 0 Å². The predicted octanol–water partition coefficient (Wildman–Crippen LogP) is 4.83. The van der Waals surface area contributed by atoms with Gasteiger partial charge in [0.05, 0.1) is 11.2 Å². The fraction of sp³-hybridized carbons (Fsp3) is 0. The highest BCUT2D eigenvalue weighted by molar-refractivity contribution is 8.27. The smallest absolute Gasteiger partial charge is 0.192 e. The van der Waals surface area contributed by atoms with Gasteiger partial charge in [0, 0.05) is 21.2 Å². The second-order valence-electron chi connectivity index (χ2n) is 5.09. The zero-order chi connectivity index (χ0) is 14.9. The Labute approximate surface area is 131 Å². The van der Waals surface area contributed by atoms with Gasteiger partial charge >= 0.3 is 0 Å². The summed E-state index contributed by atoms with van der Waals surface area (Å²) >= 11 is 0. The van der Waals surface area contributed by atoms with Gasteiger partial charge in [-0.05, 0) is 11.5 Å².